The Balaban J connectivity index is 1.56. The van der Waals surface area contributed by atoms with Gasteiger partial charge in [0, 0.05) is 47.7 Å². The fourth-order valence-corrected chi connectivity index (χ4v) is 3.97. The van der Waals surface area contributed by atoms with Crippen LogP contribution in [-0.2, 0) is 4.79 Å². The third-order valence-corrected chi connectivity index (χ3v) is 6.16. The molecule has 6 heteroatoms. The Bertz CT molecular complexity index is 873. The van der Waals surface area contributed by atoms with Crippen LogP contribution in [-0.4, -0.2) is 49.9 Å². The van der Waals surface area contributed by atoms with Crippen molar-refractivity contribution in [1.29, 1.82) is 0 Å². The zero-order valence-electron chi connectivity index (χ0n) is 19.0. The van der Waals surface area contributed by atoms with Crippen LogP contribution in [0.2, 0.25) is 0 Å². The number of benzene rings is 2. The van der Waals surface area contributed by atoms with Crippen LogP contribution in [0.25, 0.3) is 0 Å². The van der Waals surface area contributed by atoms with Gasteiger partial charge in [0.05, 0.1) is 0 Å². The fraction of sp³-hybridized carbons (Fsp3) is 0.440. The predicted molar refractivity (Wildman–Crippen MR) is 128 cm³/mol. The molecule has 3 rings (SSSR count). The molecule has 0 radical (unpaired) electrons. The molecular formula is C25H34N4O2. The minimum absolute atomic E-state index is 0.0141. The van der Waals surface area contributed by atoms with E-state index in [-0.39, 0.29) is 17.7 Å². The van der Waals surface area contributed by atoms with Crippen LogP contribution in [0.1, 0.15) is 43.5 Å². The van der Waals surface area contributed by atoms with E-state index in [9.17, 15) is 9.59 Å². The van der Waals surface area contributed by atoms with Gasteiger partial charge in [0.25, 0.3) is 5.91 Å². The summed E-state index contributed by atoms with van der Waals surface area (Å²) < 4.78 is 0. The van der Waals surface area contributed by atoms with Gasteiger partial charge in [0.1, 0.15) is 0 Å². The molecule has 0 saturated carbocycles. The second-order valence-electron chi connectivity index (χ2n) is 8.43. The van der Waals surface area contributed by atoms with E-state index in [4.69, 9.17) is 0 Å². The van der Waals surface area contributed by atoms with E-state index in [2.05, 4.69) is 46.7 Å². The zero-order chi connectivity index (χ0) is 22.4. The molecule has 1 atom stereocenters. The Hall–Kier alpha value is -2.86. The molecule has 2 amide bonds. The number of hydrogen-bond donors (Lipinski definition) is 2. The molecule has 1 aliphatic heterocycles. The van der Waals surface area contributed by atoms with Gasteiger partial charge < -0.3 is 20.4 Å². The van der Waals surface area contributed by atoms with Gasteiger partial charge in [-0.3, -0.25) is 9.59 Å². The monoisotopic (exact) mass is 422 g/mol. The summed E-state index contributed by atoms with van der Waals surface area (Å²) in [7, 11) is 4.25. The zero-order valence-corrected chi connectivity index (χ0v) is 19.0. The SMILES string of the molecule is CCC(CC)C(=O)Nc1ccc(C(=O)Nc2ccc(N3CCC(N(C)C)C3)cc2)cc1. The van der Waals surface area contributed by atoms with Crippen molar-refractivity contribution in [3.05, 3.63) is 54.1 Å². The van der Waals surface area contributed by atoms with Crippen LogP contribution in [0.4, 0.5) is 17.1 Å². The highest BCUT2D eigenvalue weighted by molar-refractivity contribution is 6.04. The van der Waals surface area contributed by atoms with E-state index in [1.165, 1.54) is 12.1 Å². The smallest absolute Gasteiger partial charge is 0.255 e. The quantitative estimate of drug-likeness (QED) is 0.660. The molecule has 1 fully saturated rings. The average Bonchev–Trinajstić information content (AvgIpc) is 3.26. The second-order valence-corrected chi connectivity index (χ2v) is 8.43. The van der Waals surface area contributed by atoms with E-state index in [1.54, 1.807) is 24.3 Å². The second kappa shape index (κ2) is 10.4. The Kier molecular flexibility index (Phi) is 7.69. The molecule has 2 aromatic rings. The third-order valence-electron chi connectivity index (χ3n) is 6.16. The van der Waals surface area contributed by atoms with Crippen LogP contribution >= 0.6 is 0 Å². The van der Waals surface area contributed by atoms with Crippen molar-refractivity contribution in [3.8, 4) is 0 Å². The molecule has 2 N–H and O–H groups in total. The summed E-state index contributed by atoms with van der Waals surface area (Å²) in [4.78, 5) is 29.5. The van der Waals surface area contributed by atoms with Gasteiger partial charge in [0.2, 0.25) is 5.91 Å². The molecule has 0 bridgehead atoms. The van der Waals surface area contributed by atoms with Crippen LogP contribution in [0.3, 0.4) is 0 Å². The Morgan fingerprint density at radius 3 is 2.10 bits per heavy atom. The molecule has 0 aliphatic carbocycles. The van der Waals surface area contributed by atoms with Crippen molar-refractivity contribution >= 4 is 28.9 Å². The first-order valence-electron chi connectivity index (χ1n) is 11.1. The minimum Gasteiger partial charge on any atom is -0.370 e. The van der Waals surface area contributed by atoms with Gasteiger partial charge in [-0.2, -0.15) is 0 Å². The minimum atomic E-state index is -0.167. The summed E-state index contributed by atoms with van der Waals surface area (Å²) in [5.41, 5.74) is 3.21. The van der Waals surface area contributed by atoms with Crippen molar-refractivity contribution in [2.45, 2.75) is 39.2 Å². The molecule has 0 aromatic heterocycles. The van der Waals surface area contributed by atoms with Gasteiger partial charge in [-0.05, 0) is 81.9 Å². The molecule has 1 saturated heterocycles. The average molecular weight is 423 g/mol. The van der Waals surface area contributed by atoms with Crippen LogP contribution in [0.15, 0.2) is 48.5 Å². The molecule has 1 unspecified atom stereocenters. The normalized spacial score (nSPS) is 16.1. The lowest BCUT2D eigenvalue weighted by atomic mass is 10.0. The molecule has 1 heterocycles. The molecule has 1 aliphatic rings. The lowest BCUT2D eigenvalue weighted by Gasteiger charge is -2.22. The van der Waals surface area contributed by atoms with Crippen LogP contribution in [0.5, 0.6) is 0 Å². The maximum absolute atomic E-state index is 12.6. The summed E-state index contributed by atoms with van der Waals surface area (Å²) in [6.07, 6.45) is 2.80. The fourth-order valence-electron chi connectivity index (χ4n) is 3.97. The lowest BCUT2D eigenvalue weighted by Crippen LogP contribution is -2.31. The van der Waals surface area contributed by atoms with E-state index < -0.39 is 0 Å². The summed E-state index contributed by atoms with van der Waals surface area (Å²) in [5, 5.41) is 5.87. The molecule has 166 valence electrons. The van der Waals surface area contributed by atoms with E-state index >= 15 is 0 Å². The number of carbonyl (C=O) groups is 2. The molecule has 0 spiro atoms. The Morgan fingerprint density at radius 1 is 0.968 bits per heavy atom. The Labute approximate surface area is 185 Å². The first kappa shape index (κ1) is 22.8. The van der Waals surface area contributed by atoms with Crippen molar-refractivity contribution < 1.29 is 9.59 Å². The highest BCUT2D eigenvalue weighted by atomic mass is 16.2. The van der Waals surface area contributed by atoms with Crippen LogP contribution < -0.4 is 15.5 Å². The summed E-state index contributed by atoms with van der Waals surface area (Å²) in [6, 6.07) is 15.6. The largest absolute Gasteiger partial charge is 0.370 e. The van der Waals surface area contributed by atoms with Gasteiger partial charge in [-0.15, -0.1) is 0 Å². The van der Waals surface area contributed by atoms with E-state index in [0.717, 1.165) is 31.6 Å². The van der Waals surface area contributed by atoms with E-state index in [1.807, 2.05) is 26.0 Å². The maximum atomic E-state index is 12.6. The number of anilines is 3. The third kappa shape index (κ3) is 5.85. The number of hydrogen-bond acceptors (Lipinski definition) is 4. The summed E-state index contributed by atoms with van der Waals surface area (Å²) in [6.45, 7) is 6.10. The number of likely N-dealkylation sites (N-methyl/N-ethyl adjacent to an activating group) is 1. The predicted octanol–water partition coefficient (Wildman–Crippen LogP) is 4.45. The van der Waals surface area contributed by atoms with E-state index in [0.29, 0.717) is 17.3 Å². The van der Waals surface area contributed by atoms with Crippen molar-refractivity contribution in [3.63, 3.8) is 0 Å². The molecular weight excluding hydrogens is 388 g/mol. The number of carbonyl (C=O) groups excluding carboxylic acids is 2. The van der Waals surface area contributed by atoms with Gasteiger partial charge >= 0.3 is 0 Å². The maximum Gasteiger partial charge on any atom is 0.255 e. The lowest BCUT2D eigenvalue weighted by molar-refractivity contribution is -0.120. The first-order valence-corrected chi connectivity index (χ1v) is 11.1. The van der Waals surface area contributed by atoms with Crippen molar-refractivity contribution in [2.75, 3.05) is 42.7 Å². The number of nitrogens with zero attached hydrogens (tertiary/aromatic N) is 2. The highest BCUT2D eigenvalue weighted by Crippen LogP contribution is 2.24. The topological polar surface area (TPSA) is 64.7 Å². The van der Waals surface area contributed by atoms with Crippen molar-refractivity contribution in [1.82, 2.24) is 4.90 Å². The number of rotatable bonds is 8. The first-order chi connectivity index (χ1) is 14.9. The number of nitrogens with one attached hydrogen (secondary N) is 2. The molecule has 2 aromatic carbocycles. The van der Waals surface area contributed by atoms with Crippen LogP contribution in [0, 0.1) is 5.92 Å². The number of amides is 2. The highest BCUT2D eigenvalue weighted by Gasteiger charge is 2.24. The van der Waals surface area contributed by atoms with Crippen molar-refractivity contribution in [2.24, 2.45) is 5.92 Å². The van der Waals surface area contributed by atoms with Gasteiger partial charge in [-0.25, -0.2) is 0 Å². The van der Waals surface area contributed by atoms with Gasteiger partial charge in [-0.1, -0.05) is 13.8 Å². The molecule has 6 nitrogen and oxygen atoms in total. The Morgan fingerprint density at radius 2 is 1.55 bits per heavy atom. The standard InChI is InChI=1S/C25H34N4O2/c1-5-18(6-2)24(30)26-20-9-7-19(8-10-20)25(31)27-21-11-13-22(14-12-21)29-16-15-23(17-29)28(3)4/h7-14,18,23H,5-6,15-17H2,1-4H3,(H,26,30)(H,27,31). The summed E-state index contributed by atoms with van der Waals surface area (Å²) >= 11 is 0. The summed E-state index contributed by atoms with van der Waals surface area (Å²) in [5.74, 6) is -0.128. The molecule has 31 heavy (non-hydrogen) atoms. The van der Waals surface area contributed by atoms with Gasteiger partial charge in [0.15, 0.2) is 0 Å².